The molecule has 0 aliphatic carbocycles. The highest BCUT2D eigenvalue weighted by atomic mass is 32.2. The number of fused-ring (bicyclic) bond motifs is 2. The van der Waals surface area contributed by atoms with E-state index >= 15 is 0 Å². The zero-order valence-corrected chi connectivity index (χ0v) is 14.1. The average Bonchev–Trinajstić information content (AvgIpc) is 3.18. The molecule has 0 amide bonds. The second-order valence-corrected chi connectivity index (χ2v) is 6.33. The van der Waals surface area contributed by atoms with Gasteiger partial charge in [-0.15, -0.1) is 0 Å². The zero-order valence-electron chi connectivity index (χ0n) is 13.3. The Hall–Kier alpha value is -2.31. The van der Waals surface area contributed by atoms with Gasteiger partial charge < -0.3 is 13.7 Å². The van der Waals surface area contributed by atoms with E-state index < -0.39 is 0 Å². The van der Waals surface area contributed by atoms with Crippen molar-refractivity contribution in [2.24, 2.45) is 0 Å². The Morgan fingerprint density at radius 3 is 2.67 bits per heavy atom. The molecular formula is C18H17N3O2S. The largest absolute Gasteiger partial charge is 0.440 e. The van der Waals surface area contributed by atoms with Crippen LogP contribution in [-0.2, 0) is 17.0 Å². The summed E-state index contributed by atoms with van der Waals surface area (Å²) in [5.41, 5.74) is 3.82. The molecule has 122 valence electrons. The summed E-state index contributed by atoms with van der Waals surface area (Å²) < 4.78 is 13.2. The highest BCUT2D eigenvalue weighted by molar-refractivity contribution is 7.98. The van der Waals surface area contributed by atoms with Crippen LogP contribution in [-0.4, -0.2) is 28.3 Å². The fraction of sp³-hybridized carbons (Fsp3) is 0.222. The molecule has 0 saturated carbocycles. The van der Waals surface area contributed by atoms with Gasteiger partial charge in [-0.1, -0.05) is 36.0 Å². The molecule has 0 fully saturated rings. The van der Waals surface area contributed by atoms with Crippen LogP contribution in [0, 0.1) is 0 Å². The lowest BCUT2D eigenvalue weighted by atomic mass is 10.3. The van der Waals surface area contributed by atoms with Gasteiger partial charge in [0.15, 0.2) is 10.7 Å². The SMILES string of the molecule is COCCn1c(SCc2nc3ccccc3o2)nc2ccccc21. The molecule has 2 heterocycles. The average molecular weight is 339 g/mol. The number of hydrogen-bond donors (Lipinski definition) is 0. The summed E-state index contributed by atoms with van der Waals surface area (Å²) in [7, 11) is 1.71. The normalized spacial score (nSPS) is 11.5. The first-order chi connectivity index (χ1) is 11.8. The van der Waals surface area contributed by atoms with Crippen LogP contribution >= 0.6 is 11.8 Å². The molecule has 0 spiro atoms. The molecule has 0 N–H and O–H groups in total. The topological polar surface area (TPSA) is 53.1 Å². The molecule has 0 aliphatic heterocycles. The Kier molecular flexibility index (Phi) is 4.23. The van der Waals surface area contributed by atoms with Gasteiger partial charge in [0.05, 0.1) is 23.4 Å². The summed E-state index contributed by atoms with van der Waals surface area (Å²) in [6.45, 7) is 1.42. The molecular weight excluding hydrogens is 322 g/mol. The maximum Gasteiger partial charge on any atom is 0.205 e. The van der Waals surface area contributed by atoms with Gasteiger partial charge in [-0.3, -0.25) is 0 Å². The molecule has 4 aromatic rings. The first-order valence-electron chi connectivity index (χ1n) is 7.76. The van der Waals surface area contributed by atoms with Crippen molar-refractivity contribution >= 4 is 33.9 Å². The maximum absolute atomic E-state index is 5.79. The van der Waals surface area contributed by atoms with Crippen molar-refractivity contribution in [3.05, 3.63) is 54.4 Å². The number of nitrogens with zero attached hydrogens (tertiary/aromatic N) is 3. The summed E-state index contributed by atoms with van der Waals surface area (Å²) >= 11 is 1.63. The van der Waals surface area contributed by atoms with Crippen LogP contribution in [0.15, 0.2) is 58.1 Å². The van der Waals surface area contributed by atoms with Crippen LogP contribution < -0.4 is 0 Å². The van der Waals surface area contributed by atoms with Crippen molar-refractivity contribution in [1.29, 1.82) is 0 Å². The lowest BCUT2D eigenvalue weighted by Crippen LogP contribution is -2.05. The van der Waals surface area contributed by atoms with E-state index in [9.17, 15) is 0 Å². The minimum atomic E-state index is 0.644. The van der Waals surface area contributed by atoms with Gasteiger partial charge in [-0.05, 0) is 24.3 Å². The molecule has 0 bridgehead atoms. The first-order valence-corrected chi connectivity index (χ1v) is 8.75. The summed E-state index contributed by atoms with van der Waals surface area (Å²) in [4.78, 5) is 9.26. The van der Waals surface area contributed by atoms with Crippen LogP contribution in [0.25, 0.3) is 22.1 Å². The van der Waals surface area contributed by atoms with E-state index in [1.54, 1.807) is 18.9 Å². The van der Waals surface area contributed by atoms with Crippen LogP contribution in [0.2, 0.25) is 0 Å². The number of rotatable bonds is 6. The molecule has 0 radical (unpaired) electrons. The third-order valence-corrected chi connectivity index (χ3v) is 4.76. The van der Waals surface area contributed by atoms with Crippen molar-refractivity contribution in [3.63, 3.8) is 0 Å². The van der Waals surface area contributed by atoms with E-state index in [0.29, 0.717) is 18.3 Å². The minimum Gasteiger partial charge on any atom is -0.440 e. The number of oxazole rings is 1. The van der Waals surface area contributed by atoms with Crippen LogP contribution in [0.3, 0.4) is 0 Å². The summed E-state index contributed by atoms with van der Waals surface area (Å²) in [6.07, 6.45) is 0. The van der Waals surface area contributed by atoms with E-state index in [0.717, 1.165) is 33.8 Å². The van der Waals surface area contributed by atoms with Gasteiger partial charge in [0.25, 0.3) is 0 Å². The summed E-state index contributed by atoms with van der Waals surface area (Å²) in [6, 6.07) is 16.0. The van der Waals surface area contributed by atoms with Gasteiger partial charge in [0.1, 0.15) is 5.52 Å². The molecule has 2 aromatic heterocycles. The molecule has 4 rings (SSSR count). The van der Waals surface area contributed by atoms with Crippen LogP contribution in [0.1, 0.15) is 5.89 Å². The lowest BCUT2D eigenvalue weighted by molar-refractivity contribution is 0.186. The van der Waals surface area contributed by atoms with Gasteiger partial charge in [0.2, 0.25) is 5.89 Å². The van der Waals surface area contributed by atoms with Crippen LogP contribution in [0.4, 0.5) is 0 Å². The highest BCUT2D eigenvalue weighted by Crippen LogP contribution is 2.27. The van der Waals surface area contributed by atoms with Crippen molar-refractivity contribution < 1.29 is 9.15 Å². The van der Waals surface area contributed by atoms with E-state index in [4.69, 9.17) is 14.1 Å². The molecule has 5 nitrogen and oxygen atoms in total. The molecule has 0 unspecified atom stereocenters. The Morgan fingerprint density at radius 1 is 1.04 bits per heavy atom. The molecule has 6 heteroatoms. The van der Waals surface area contributed by atoms with Gasteiger partial charge >= 0.3 is 0 Å². The predicted molar refractivity (Wildman–Crippen MR) is 95.2 cm³/mol. The highest BCUT2D eigenvalue weighted by Gasteiger charge is 2.13. The third kappa shape index (κ3) is 2.90. The fourth-order valence-electron chi connectivity index (χ4n) is 2.67. The number of benzene rings is 2. The summed E-state index contributed by atoms with van der Waals surface area (Å²) in [5, 5.41) is 0.954. The number of thioether (sulfide) groups is 1. The molecule has 0 saturated heterocycles. The Balaban J connectivity index is 1.61. The lowest BCUT2D eigenvalue weighted by Gasteiger charge is -2.07. The molecule has 0 atom stereocenters. The van der Waals surface area contributed by atoms with E-state index in [2.05, 4.69) is 15.6 Å². The number of hydrogen-bond acceptors (Lipinski definition) is 5. The molecule has 0 aliphatic rings. The molecule has 2 aromatic carbocycles. The van der Waals surface area contributed by atoms with Crippen molar-refractivity contribution in [3.8, 4) is 0 Å². The van der Waals surface area contributed by atoms with E-state index in [1.165, 1.54) is 0 Å². The maximum atomic E-state index is 5.79. The van der Waals surface area contributed by atoms with Gasteiger partial charge in [-0.25, -0.2) is 9.97 Å². The third-order valence-electron chi connectivity index (χ3n) is 3.80. The molecule has 24 heavy (non-hydrogen) atoms. The van der Waals surface area contributed by atoms with Crippen molar-refractivity contribution in [2.45, 2.75) is 17.5 Å². The summed E-state index contributed by atoms with van der Waals surface area (Å²) in [5.74, 6) is 1.36. The Labute approximate surface area is 143 Å². The number of aromatic nitrogens is 3. The Morgan fingerprint density at radius 2 is 1.83 bits per heavy atom. The van der Waals surface area contributed by atoms with Gasteiger partial charge in [-0.2, -0.15) is 0 Å². The van der Waals surface area contributed by atoms with Crippen molar-refractivity contribution in [1.82, 2.24) is 14.5 Å². The van der Waals surface area contributed by atoms with E-state index in [1.807, 2.05) is 42.5 Å². The Bertz CT molecular complexity index is 944. The first kappa shape index (κ1) is 15.2. The monoisotopic (exact) mass is 339 g/mol. The smallest absolute Gasteiger partial charge is 0.205 e. The van der Waals surface area contributed by atoms with Gasteiger partial charge in [0, 0.05) is 13.7 Å². The number of ether oxygens (including phenoxy) is 1. The minimum absolute atomic E-state index is 0.644. The number of para-hydroxylation sites is 4. The standard InChI is InChI=1S/C18H17N3O2S/c1-22-11-10-21-15-8-4-2-6-13(15)20-18(21)24-12-17-19-14-7-3-5-9-16(14)23-17/h2-9H,10-12H2,1H3. The van der Waals surface area contributed by atoms with Crippen LogP contribution in [0.5, 0.6) is 0 Å². The second kappa shape index (κ2) is 6.67. The number of imidazole rings is 1. The van der Waals surface area contributed by atoms with E-state index in [-0.39, 0.29) is 0 Å². The second-order valence-electron chi connectivity index (χ2n) is 5.39. The fourth-order valence-corrected chi connectivity index (χ4v) is 3.55. The quantitative estimate of drug-likeness (QED) is 0.495. The predicted octanol–water partition coefficient (Wildman–Crippen LogP) is 4.12. The number of methoxy groups -OCH3 is 1. The zero-order chi connectivity index (χ0) is 16.4. The van der Waals surface area contributed by atoms with Crippen molar-refractivity contribution in [2.75, 3.05) is 13.7 Å².